The Morgan fingerprint density at radius 2 is 2.33 bits per heavy atom. The Bertz CT molecular complexity index is 587. The summed E-state index contributed by atoms with van der Waals surface area (Å²) in [7, 11) is 1.40. The molecule has 114 valence electrons. The van der Waals surface area contributed by atoms with E-state index in [0.29, 0.717) is 18.8 Å². The first-order valence-electron chi connectivity index (χ1n) is 7.63. The Morgan fingerprint density at radius 1 is 1.57 bits per heavy atom. The monoisotopic (exact) mass is 289 g/mol. The lowest BCUT2D eigenvalue weighted by molar-refractivity contribution is -0.140. The van der Waals surface area contributed by atoms with Crippen molar-refractivity contribution in [2.45, 2.75) is 51.4 Å². The van der Waals surface area contributed by atoms with E-state index < -0.39 is 0 Å². The molecule has 0 spiro atoms. The van der Waals surface area contributed by atoms with Crippen molar-refractivity contribution in [1.29, 1.82) is 0 Å². The van der Waals surface area contributed by atoms with Gasteiger partial charge in [0.1, 0.15) is 5.76 Å². The van der Waals surface area contributed by atoms with E-state index in [9.17, 15) is 4.79 Å². The van der Waals surface area contributed by atoms with Crippen molar-refractivity contribution in [3.8, 4) is 0 Å². The van der Waals surface area contributed by atoms with E-state index >= 15 is 0 Å². The molecule has 0 radical (unpaired) electrons. The van der Waals surface area contributed by atoms with Crippen LogP contribution >= 0.6 is 0 Å². The third-order valence-corrected chi connectivity index (χ3v) is 5.73. The van der Waals surface area contributed by atoms with Crippen LogP contribution in [-0.2, 0) is 21.4 Å². The molecule has 0 N–H and O–H groups in total. The van der Waals surface area contributed by atoms with E-state index in [1.165, 1.54) is 19.1 Å². The Morgan fingerprint density at radius 3 is 2.95 bits per heavy atom. The normalized spacial score (nSPS) is 29.9. The van der Waals surface area contributed by atoms with Crippen molar-refractivity contribution in [2.24, 2.45) is 11.3 Å². The van der Waals surface area contributed by atoms with Crippen molar-refractivity contribution in [2.75, 3.05) is 7.11 Å². The van der Waals surface area contributed by atoms with Gasteiger partial charge < -0.3 is 9.26 Å². The summed E-state index contributed by atoms with van der Waals surface area (Å²) in [6, 6.07) is 2.01. The average Bonchev–Trinajstić information content (AvgIpc) is 3.14. The number of carbonyl (C=O) groups is 1. The number of hydrogen-bond acceptors (Lipinski definition) is 4. The summed E-state index contributed by atoms with van der Waals surface area (Å²) in [5, 5.41) is 4.14. The van der Waals surface area contributed by atoms with E-state index in [0.717, 1.165) is 24.3 Å². The molecule has 4 nitrogen and oxygen atoms in total. The van der Waals surface area contributed by atoms with Gasteiger partial charge >= 0.3 is 5.97 Å². The highest BCUT2D eigenvalue weighted by Crippen LogP contribution is 2.65. The number of aryl methyl sites for hydroxylation is 1. The van der Waals surface area contributed by atoms with Crippen LogP contribution in [0.3, 0.4) is 0 Å². The molecule has 0 saturated heterocycles. The molecule has 21 heavy (non-hydrogen) atoms. The second kappa shape index (κ2) is 4.72. The number of carbonyl (C=O) groups excluding carboxylic acids is 1. The number of aromatic nitrogens is 1. The minimum Gasteiger partial charge on any atom is -0.469 e. The van der Waals surface area contributed by atoms with E-state index in [-0.39, 0.29) is 16.8 Å². The summed E-state index contributed by atoms with van der Waals surface area (Å²) in [5.41, 5.74) is 2.25. The van der Waals surface area contributed by atoms with Crippen LogP contribution in [0, 0.1) is 11.3 Å². The predicted octanol–water partition coefficient (Wildman–Crippen LogP) is 3.41. The molecule has 0 aromatic carbocycles. The van der Waals surface area contributed by atoms with Crippen LogP contribution in [0.4, 0.5) is 0 Å². The molecule has 3 rings (SSSR count). The Balaban J connectivity index is 1.81. The van der Waals surface area contributed by atoms with Crippen molar-refractivity contribution < 1.29 is 14.1 Å². The number of allylic oxidation sites excluding steroid dienone is 1. The average molecular weight is 289 g/mol. The van der Waals surface area contributed by atoms with Gasteiger partial charge in [-0.1, -0.05) is 31.2 Å². The highest BCUT2D eigenvalue weighted by molar-refractivity contribution is 5.69. The third-order valence-electron chi connectivity index (χ3n) is 5.73. The Kier molecular flexibility index (Phi) is 3.23. The number of rotatable bonds is 4. The molecule has 2 unspecified atom stereocenters. The summed E-state index contributed by atoms with van der Waals surface area (Å²) >= 11 is 0. The molecule has 1 heterocycles. The van der Waals surface area contributed by atoms with Gasteiger partial charge in [-0.15, -0.1) is 0 Å². The highest BCUT2D eigenvalue weighted by Gasteiger charge is 2.59. The number of ether oxygens (including phenoxy) is 1. The van der Waals surface area contributed by atoms with Crippen LogP contribution < -0.4 is 0 Å². The maximum atomic E-state index is 11.2. The molecule has 1 aromatic heterocycles. The minimum atomic E-state index is -0.218. The van der Waals surface area contributed by atoms with Gasteiger partial charge in [0.25, 0.3) is 0 Å². The summed E-state index contributed by atoms with van der Waals surface area (Å²) in [5.74, 6) is 1.40. The summed E-state index contributed by atoms with van der Waals surface area (Å²) in [6.07, 6.45) is 4.34. The van der Waals surface area contributed by atoms with Gasteiger partial charge in [-0.2, -0.15) is 0 Å². The van der Waals surface area contributed by atoms with Crippen LogP contribution in [0.15, 0.2) is 22.7 Å². The molecular formula is C17H23NO3. The zero-order valence-electron chi connectivity index (χ0n) is 13.1. The van der Waals surface area contributed by atoms with E-state index in [2.05, 4.69) is 30.3 Å². The van der Waals surface area contributed by atoms with Crippen LogP contribution in [0.2, 0.25) is 0 Å². The van der Waals surface area contributed by atoms with Gasteiger partial charge in [0.05, 0.1) is 24.6 Å². The summed E-state index contributed by atoms with van der Waals surface area (Å²) in [4.78, 5) is 11.2. The van der Waals surface area contributed by atoms with Crippen molar-refractivity contribution in [1.82, 2.24) is 5.16 Å². The number of fused-ring (bicyclic) bond motifs is 2. The minimum absolute atomic E-state index is 0.0370. The fourth-order valence-electron chi connectivity index (χ4n) is 4.16. The first-order chi connectivity index (χ1) is 9.90. The standard InChI is InChI=1S/C17H23NO3/c1-11-16(2,3)12-7-8-17(11,10-12)14-9-13(18-21-14)5-6-15(19)20-4/h9,12H,1,5-8,10H2,2-4H3. The molecule has 2 fully saturated rings. The molecule has 4 heteroatoms. The molecule has 2 aliphatic rings. The maximum Gasteiger partial charge on any atom is 0.305 e. The van der Waals surface area contributed by atoms with Crippen LogP contribution in [0.5, 0.6) is 0 Å². The van der Waals surface area contributed by atoms with Crippen LogP contribution in [0.25, 0.3) is 0 Å². The first-order valence-corrected chi connectivity index (χ1v) is 7.63. The predicted molar refractivity (Wildman–Crippen MR) is 78.8 cm³/mol. The number of hydrogen-bond donors (Lipinski definition) is 0. The molecule has 1 aromatic rings. The first kappa shape index (κ1) is 14.4. The molecule has 2 saturated carbocycles. The second-order valence-electron chi connectivity index (χ2n) is 6.98. The third kappa shape index (κ3) is 2.03. The molecule has 2 aliphatic carbocycles. The highest BCUT2D eigenvalue weighted by atomic mass is 16.5. The van der Waals surface area contributed by atoms with Crippen molar-refractivity contribution in [3.63, 3.8) is 0 Å². The smallest absolute Gasteiger partial charge is 0.305 e. The zero-order valence-corrected chi connectivity index (χ0v) is 13.1. The van der Waals surface area contributed by atoms with Gasteiger partial charge in [-0.3, -0.25) is 4.79 Å². The fourth-order valence-corrected chi connectivity index (χ4v) is 4.16. The SMILES string of the molecule is C=C1C2(c3cc(CCC(=O)OC)no3)CCC(C2)C1(C)C. The molecule has 0 amide bonds. The number of methoxy groups -OCH3 is 1. The topological polar surface area (TPSA) is 52.3 Å². The molecule has 2 bridgehead atoms. The van der Waals surface area contributed by atoms with Gasteiger partial charge in [0.15, 0.2) is 0 Å². The molecule has 2 atom stereocenters. The Hall–Kier alpha value is -1.58. The lowest BCUT2D eigenvalue weighted by Crippen LogP contribution is -2.30. The summed E-state index contributed by atoms with van der Waals surface area (Å²) < 4.78 is 10.3. The largest absolute Gasteiger partial charge is 0.469 e. The van der Waals surface area contributed by atoms with Crippen molar-refractivity contribution >= 4 is 5.97 Å². The van der Waals surface area contributed by atoms with Crippen LogP contribution in [-0.4, -0.2) is 18.2 Å². The van der Waals surface area contributed by atoms with Gasteiger partial charge in [0, 0.05) is 12.5 Å². The lowest BCUT2D eigenvalue weighted by atomic mass is 9.67. The van der Waals surface area contributed by atoms with Gasteiger partial charge in [-0.25, -0.2) is 0 Å². The van der Waals surface area contributed by atoms with E-state index in [1.54, 1.807) is 0 Å². The second-order valence-corrected chi connectivity index (χ2v) is 6.98. The number of esters is 1. The quantitative estimate of drug-likeness (QED) is 0.629. The Labute approximate surface area is 125 Å². The van der Waals surface area contributed by atoms with Gasteiger partial charge in [-0.05, 0) is 30.6 Å². The fraction of sp³-hybridized carbons (Fsp3) is 0.647. The maximum absolute atomic E-state index is 11.2. The number of nitrogens with zero attached hydrogens (tertiary/aromatic N) is 1. The van der Waals surface area contributed by atoms with E-state index in [4.69, 9.17) is 4.52 Å². The lowest BCUT2D eigenvalue weighted by Gasteiger charge is -2.36. The summed E-state index contributed by atoms with van der Waals surface area (Å²) in [6.45, 7) is 8.95. The zero-order chi connectivity index (χ0) is 15.3. The molecular weight excluding hydrogens is 266 g/mol. The van der Waals surface area contributed by atoms with Crippen molar-refractivity contribution in [3.05, 3.63) is 29.7 Å². The van der Waals surface area contributed by atoms with E-state index in [1.807, 2.05) is 6.07 Å². The van der Waals surface area contributed by atoms with Crippen LogP contribution in [0.1, 0.15) is 51.0 Å². The molecule has 0 aliphatic heterocycles. The van der Waals surface area contributed by atoms with Gasteiger partial charge in [0.2, 0.25) is 0 Å².